The Morgan fingerprint density at radius 2 is 0.451 bits per heavy atom. The maximum atomic E-state index is 4.65. The molecular weight excluding hydrogens is 1700 g/mol. The minimum Gasteiger partial charge on any atom is -0.657 e. The molecule has 0 fully saturated rings. The molecule has 602 valence electrons. The molecule has 0 amide bonds. The molecule has 0 unspecified atom stereocenters. The van der Waals surface area contributed by atoms with E-state index in [-0.39, 0.29) is 49.5 Å². The van der Waals surface area contributed by atoms with E-state index < -0.39 is 8.80 Å². The number of pyridine rings is 6. The van der Waals surface area contributed by atoms with Gasteiger partial charge in [-0.2, -0.15) is 0 Å². The van der Waals surface area contributed by atoms with Crippen molar-refractivity contribution in [2.75, 3.05) is 0 Å². The smallest absolute Gasteiger partial charge is 0.657 e. The van der Waals surface area contributed by atoms with Crippen LogP contribution < -0.4 is 31.5 Å². The van der Waals surface area contributed by atoms with Gasteiger partial charge in [0.15, 0.2) is 16.1 Å². The van der Waals surface area contributed by atoms with Crippen molar-refractivity contribution in [1.29, 1.82) is 0 Å². The molecule has 14 heteroatoms. The second-order valence-corrected chi connectivity index (χ2v) is 28.8. The monoisotopic (exact) mass is 1780 g/mol. The van der Waals surface area contributed by atoms with E-state index in [1.165, 1.54) is 37.3 Å². The first kappa shape index (κ1) is 91.4. The van der Waals surface area contributed by atoms with Crippen LogP contribution in [0.1, 0.15) is 0 Å². The zero-order chi connectivity index (χ0) is 81.4. The van der Waals surface area contributed by atoms with E-state index in [1.807, 2.05) is 279 Å². The fourth-order valence-electron chi connectivity index (χ4n) is 12.6. The van der Waals surface area contributed by atoms with Gasteiger partial charge in [-0.1, -0.05) is 299 Å². The van der Waals surface area contributed by atoms with Crippen molar-refractivity contribution in [2.45, 2.75) is 0 Å². The predicted molar refractivity (Wildman–Crippen MR) is 492 cm³/mol. The molecule has 7 aromatic heterocycles. The summed E-state index contributed by atoms with van der Waals surface area (Å²) in [7, 11) is 5.55. The van der Waals surface area contributed by atoms with E-state index in [2.05, 4.69) is 279 Å². The molecule has 0 aliphatic carbocycles. The van der Waals surface area contributed by atoms with Crippen molar-refractivity contribution in [2.24, 2.45) is 0 Å². The molecule has 7 nitrogen and oxygen atoms in total. The van der Waals surface area contributed by atoms with Crippen LogP contribution in [-0.4, -0.2) is 46.0 Å². The SMILES string of the molecule is [B](c1ccccc1)c1ccccc1.[Cl][Ni].[Ni+3].[Ni].[Ni].[c-]1ccccc1-c1cccc(-c2[c-]cccc2)n1.[c-]1ccccc1-c1cccc(-c2[c-]cccc2)n1.[c-]1ccccc1-c1cccc(-c2ccccn2)n1.[c-]1ccccc1-c1cccc(-c2ccccn2)n1.c1ccc([Si](c2ccccc2)c2ccccc2)cc1.c1ccc2c(c1)[n-]c1ccccc12. The van der Waals surface area contributed by atoms with Crippen LogP contribution in [0.15, 0.2) is 467 Å². The maximum absolute atomic E-state index is 4.65. The molecule has 0 saturated heterocycles. The van der Waals surface area contributed by atoms with Crippen molar-refractivity contribution in [3.8, 4) is 90.3 Å². The molecule has 20 rings (SSSR count). The molecule has 0 aliphatic heterocycles. The van der Waals surface area contributed by atoms with Gasteiger partial charge < -0.3 is 15.0 Å². The number of fused-ring (bicyclic) bond motifs is 3. The standard InChI is InChI=1S/C18H15Si.2C17H11N.2C16H11N2.C12H10B.C12H8N.ClH.4Ni/c1-4-10-16(11-5-1)19(17-12-6-2-7-13-17)18-14-8-3-9-15-18;2*1-3-8-14(9-4-1)16-12-7-13-17(18-16)15-10-5-2-6-11-15;2*1-2-7-13(8-3-1)14-10-6-11-16(18-14)15-9-4-5-12-17-15;1-3-7-11(8-4-1)13-12-9-5-2-6-10-12;1-3-7-11-9(5-1)10-6-2-4-8-12(10)13-11;;;;;/h1-15H;2*1-8,10,12-13H;2*1-7,9-12H;1-10H;1-8H;1H;;;;/q;2*-2;2*-1;;-1;;;;+1;+3/p-1. The number of hydrogen-bond donors (Lipinski definition) is 0. The molecular formula is C108H77BClN7Ni4Si-4. The zero-order valence-electron chi connectivity index (χ0n) is 65.8. The van der Waals surface area contributed by atoms with Gasteiger partial charge in [-0.15, -0.1) is 226 Å². The fourth-order valence-corrected chi connectivity index (χ4v) is 15.2. The van der Waals surface area contributed by atoms with Gasteiger partial charge in [0.1, 0.15) is 0 Å². The maximum Gasteiger partial charge on any atom is 3.00 e. The number of aromatic nitrogens is 7. The third-order valence-electron chi connectivity index (χ3n) is 18.2. The largest absolute Gasteiger partial charge is 3.00 e. The summed E-state index contributed by atoms with van der Waals surface area (Å²) in [6.07, 6.45) is 3.55. The first-order valence-corrected chi connectivity index (χ1v) is 41.5. The minimum atomic E-state index is -0.877. The van der Waals surface area contributed by atoms with Crippen LogP contribution in [-0.2, 0) is 64.0 Å². The Balaban J connectivity index is 0.000000149. The van der Waals surface area contributed by atoms with Crippen molar-refractivity contribution >= 4 is 74.6 Å². The number of benzene rings is 13. The third-order valence-corrected chi connectivity index (χ3v) is 21.0. The van der Waals surface area contributed by atoms with Crippen molar-refractivity contribution in [3.63, 3.8) is 0 Å². The van der Waals surface area contributed by atoms with Gasteiger partial charge in [-0.3, -0.25) is 19.9 Å². The van der Waals surface area contributed by atoms with Crippen LogP contribution in [0.2, 0.25) is 0 Å². The van der Waals surface area contributed by atoms with Gasteiger partial charge in [-0.25, -0.2) is 0 Å². The average Bonchev–Trinajstić information content (AvgIpc) is 1.62. The predicted octanol–water partition coefficient (Wildman–Crippen LogP) is 22.4. The number of para-hydroxylation sites is 2. The molecule has 20 aromatic rings. The Bertz CT molecular complexity index is 5400. The molecule has 13 aromatic carbocycles. The fraction of sp³-hybridized carbons (Fsp3) is 0. The van der Waals surface area contributed by atoms with Gasteiger partial charge in [0, 0.05) is 45.4 Å². The van der Waals surface area contributed by atoms with E-state index in [0.29, 0.717) is 0 Å². The quantitative estimate of drug-likeness (QED) is 0.0645. The van der Waals surface area contributed by atoms with Gasteiger partial charge in [0.25, 0.3) is 0 Å². The number of nitrogens with zero attached hydrogens (tertiary/aromatic N) is 7. The van der Waals surface area contributed by atoms with E-state index in [9.17, 15) is 0 Å². The molecule has 0 bridgehead atoms. The molecule has 3 radical (unpaired) electrons. The zero-order valence-corrected chi connectivity index (χ0v) is 71.5. The molecule has 0 saturated carbocycles. The second kappa shape index (κ2) is 50.9. The molecule has 0 atom stereocenters. The third kappa shape index (κ3) is 27.6. The number of halogens is 1. The summed E-state index contributed by atoms with van der Waals surface area (Å²) in [4.78, 5) is 31.7. The minimum absolute atomic E-state index is 0. The van der Waals surface area contributed by atoms with Gasteiger partial charge in [0.05, 0.1) is 22.8 Å². The number of rotatable bonds is 13. The molecule has 0 N–H and O–H groups in total. The molecule has 0 spiro atoms. The first-order valence-electron chi connectivity index (χ1n) is 38.6. The van der Waals surface area contributed by atoms with E-state index >= 15 is 0 Å². The summed E-state index contributed by atoms with van der Waals surface area (Å²) in [5, 5.41) is 6.80. The summed E-state index contributed by atoms with van der Waals surface area (Å²) in [6.45, 7) is 0. The van der Waals surface area contributed by atoms with Gasteiger partial charge >= 0.3 is 41.3 Å². The summed E-state index contributed by atoms with van der Waals surface area (Å²) >= 11 is 3.35. The van der Waals surface area contributed by atoms with Gasteiger partial charge in [-0.05, 0) is 81.3 Å². The normalized spacial score (nSPS) is 9.93. The second-order valence-electron chi connectivity index (χ2n) is 26.3. The van der Waals surface area contributed by atoms with E-state index in [1.54, 1.807) is 12.4 Å². The average molecular weight is 1780 g/mol. The topological polar surface area (TPSA) is 91.4 Å². The molecule has 122 heavy (non-hydrogen) atoms. The first-order chi connectivity index (χ1) is 59.1. The Morgan fingerprint density at radius 1 is 0.230 bits per heavy atom. The Labute approximate surface area is 761 Å². The van der Waals surface area contributed by atoms with Crippen LogP contribution in [0, 0.1) is 36.4 Å². The summed E-state index contributed by atoms with van der Waals surface area (Å²) in [5.74, 6) is 0. The summed E-state index contributed by atoms with van der Waals surface area (Å²) < 4.78 is 0. The van der Waals surface area contributed by atoms with Crippen molar-refractivity contribution in [3.05, 3.63) is 504 Å². The van der Waals surface area contributed by atoms with Crippen LogP contribution in [0.25, 0.3) is 112 Å². The van der Waals surface area contributed by atoms with Gasteiger partial charge in [0.2, 0.25) is 0 Å². The van der Waals surface area contributed by atoms with Crippen LogP contribution in [0.4, 0.5) is 0 Å². The summed E-state index contributed by atoms with van der Waals surface area (Å²) in [6, 6.07) is 171. The van der Waals surface area contributed by atoms with Crippen molar-refractivity contribution < 1.29 is 64.0 Å². The van der Waals surface area contributed by atoms with Crippen molar-refractivity contribution in [1.82, 2.24) is 34.9 Å². The molecule has 7 heterocycles. The summed E-state index contributed by atoms with van der Waals surface area (Å²) in [5.41, 5.74) is 19.8. The van der Waals surface area contributed by atoms with Crippen LogP contribution >= 0.6 is 10.2 Å². The van der Waals surface area contributed by atoms with E-state index in [4.69, 9.17) is 0 Å². The van der Waals surface area contributed by atoms with Crippen LogP contribution in [0.3, 0.4) is 0 Å². The Kier molecular flexibility index (Phi) is 38.1. The Hall–Kier alpha value is -12.9. The van der Waals surface area contributed by atoms with E-state index in [0.717, 1.165) is 101 Å². The number of hydrogen-bond acceptors (Lipinski definition) is 6. The Morgan fingerprint density at radius 3 is 0.705 bits per heavy atom. The molecule has 0 aliphatic rings. The van der Waals surface area contributed by atoms with Crippen LogP contribution in [0.5, 0.6) is 0 Å².